The Hall–Kier alpha value is -1.05. The molecule has 0 bridgehead atoms. The molecular formula is C13H21NO3. The Labute approximate surface area is 103 Å². The van der Waals surface area contributed by atoms with Gasteiger partial charge >= 0.3 is 5.97 Å². The van der Waals surface area contributed by atoms with E-state index in [1.165, 1.54) is 0 Å². The summed E-state index contributed by atoms with van der Waals surface area (Å²) in [4.78, 5) is 12.7. The van der Waals surface area contributed by atoms with Crippen LogP contribution >= 0.6 is 0 Å². The van der Waals surface area contributed by atoms with Crippen molar-refractivity contribution in [3.63, 3.8) is 0 Å². The van der Waals surface area contributed by atoms with E-state index in [1.807, 2.05) is 4.90 Å². The van der Waals surface area contributed by atoms with Gasteiger partial charge in [-0.1, -0.05) is 12.8 Å². The Balaban J connectivity index is 2.67. The zero-order chi connectivity index (χ0) is 12.9. The minimum absolute atomic E-state index is 0.00859. The van der Waals surface area contributed by atoms with E-state index >= 15 is 0 Å². The fourth-order valence-electron chi connectivity index (χ4n) is 2.26. The molecule has 1 aliphatic rings. The lowest BCUT2D eigenvalue weighted by atomic mass is 9.89. The maximum absolute atomic E-state index is 10.8. The molecule has 4 nitrogen and oxygen atoms in total. The highest BCUT2D eigenvalue weighted by atomic mass is 16.5. The molecule has 0 amide bonds. The summed E-state index contributed by atoms with van der Waals surface area (Å²) in [6, 6.07) is 0.209. The summed E-state index contributed by atoms with van der Waals surface area (Å²) in [5.41, 5.74) is -0.145. The van der Waals surface area contributed by atoms with E-state index in [2.05, 4.69) is 19.8 Å². The third-order valence-corrected chi connectivity index (χ3v) is 3.47. The zero-order valence-corrected chi connectivity index (χ0v) is 10.6. The molecule has 0 saturated carbocycles. The van der Waals surface area contributed by atoms with Crippen molar-refractivity contribution in [1.82, 2.24) is 4.90 Å². The van der Waals surface area contributed by atoms with Crippen molar-refractivity contribution in [2.24, 2.45) is 0 Å². The topological polar surface area (TPSA) is 49.8 Å². The number of hydrogen-bond donors (Lipinski definition) is 1. The number of ether oxygens (including phenoxy) is 1. The summed E-state index contributed by atoms with van der Waals surface area (Å²) in [5, 5.41) is 8.89. The highest BCUT2D eigenvalue weighted by Gasteiger charge is 2.34. The van der Waals surface area contributed by atoms with Gasteiger partial charge in [0.15, 0.2) is 0 Å². The maximum atomic E-state index is 10.8. The largest absolute Gasteiger partial charge is 0.480 e. The number of carbonyl (C=O) groups is 1. The molecule has 0 aromatic carbocycles. The van der Waals surface area contributed by atoms with Gasteiger partial charge in [-0.15, -0.1) is 6.42 Å². The van der Waals surface area contributed by atoms with Crippen LogP contribution in [0.4, 0.5) is 0 Å². The van der Waals surface area contributed by atoms with Crippen molar-refractivity contribution in [3.8, 4) is 12.3 Å². The quantitative estimate of drug-likeness (QED) is 0.736. The summed E-state index contributed by atoms with van der Waals surface area (Å²) >= 11 is 0. The van der Waals surface area contributed by atoms with Crippen LogP contribution in [0.25, 0.3) is 0 Å². The minimum atomic E-state index is -0.829. The second kappa shape index (κ2) is 6.04. The molecule has 1 heterocycles. The van der Waals surface area contributed by atoms with Crippen molar-refractivity contribution in [2.75, 3.05) is 19.7 Å². The molecule has 17 heavy (non-hydrogen) atoms. The van der Waals surface area contributed by atoms with Crippen LogP contribution in [-0.2, 0) is 9.53 Å². The van der Waals surface area contributed by atoms with Crippen molar-refractivity contribution in [2.45, 2.75) is 44.8 Å². The molecule has 0 spiro atoms. The summed E-state index contributed by atoms with van der Waals surface area (Å²) in [5.74, 6) is 1.71. The Bertz CT molecular complexity index is 310. The van der Waals surface area contributed by atoms with Crippen LogP contribution in [0.3, 0.4) is 0 Å². The fourth-order valence-corrected chi connectivity index (χ4v) is 2.26. The lowest BCUT2D eigenvalue weighted by Crippen LogP contribution is -2.48. The van der Waals surface area contributed by atoms with Crippen molar-refractivity contribution in [1.29, 1.82) is 0 Å². The monoisotopic (exact) mass is 239 g/mol. The highest BCUT2D eigenvalue weighted by molar-refractivity contribution is 5.69. The van der Waals surface area contributed by atoms with Gasteiger partial charge in [0.05, 0.1) is 18.7 Å². The number of nitrogens with zero attached hydrogens (tertiary/aromatic N) is 1. The number of carboxylic acids is 1. The second-order valence-corrected chi connectivity index (χ2v) is 4.80. The standard InChI is InChI=1S/C13H21NO3/c1-4-7-14(10-12(15)16)11-6-8-17-13(3,5-2)9-11/h1,11H,5-10H2,2-3H3,(H,15,16). The highest BCUT2D eigenvalue weighted by Crippen LogP contribution is 2.30. The number of hydrogen-bond acceptors (Lipinski definition) is 3. The second-order valence-electron chi connectivity index (χ2n) is 4.80. The van der Waals surface area contributed by atoms with Crippen LogP contribution in [-0.4, -0.2) is 47.3 Å². The van der Waals surface area contributed by atoms with E-state index in [1.54, 1.807) is 0 Å². The molecular weight excluding hydrogens is 218 g/mol. The summed E-state index contributed by atoms with van der Waals surface area (Å²) in [6.45, 7) is 5.24. The van der Waals surface area contributed by atoms with Gasteiger partial charge < -0.3 is 9.84 Å². The van der Waals surface area contributed by atoms with Crippen LogP contribution < -0.4 is 0 Å². The molecule has 1 rings (SSSR count). The van der Waals surface area contributed by atoms with Crippen molar-refractivity contribution >= 4 is 5.97 Å². The maximum Gasteiger partial charge on any atom is 0.317 e. The van der Waals surface area contributed by atoms with E-state index in [-0.39, 0.29) is 18.2 Å². The normalized spacial score (nSPS) is 28.9. The smallest absolute Gasteiger partial charge is 0.317 e. The van der Waals surface area contributed by atoms with Gasteiger partial charge in [-0.05, 0) is 26.2 Å². The molecule has 2 unspecified atom stereocenters. The molecule has 0 aromatic rings. The molecule has 2 atom stereocenters. The van der Waals surface area contributed by atoms with Gasteiger partial charge in [0.25, 0.3) is 0 Å². The molecule has 0 aromatic heterocycles. The first kappa shape index (κ1) is 14.0. The first-order valence-electron chi connectivity index (χ1n) is 6.04. The van der Waals surface area contributed by atoms with Crippen LogP contribution in [0.15, 0.2) is 0 Å². The molecule has 1 N–H and O–H groups in total. The molecule has 0 radical (unpaired) electrons. The SMILES string of the molecule is C#CCN(CC(=O)O)C1CCOC(C)(CC)C1. The van der Waals surface area contributed by atoms with Crippen molar-refractivity contribution < 1.29 is 14.6 Å². The predicted molar refractivity (Wildman–Crippen MR) is 65.7 cm³/mol. The number of carboxylic acid groups (broad SMARTS) is 1. The van der Waals surface area contributed by atoms with Crippen LogP contribution in [0.1, 0.15) is 33.1 Å². The molecule has 0 aliphatic carbocycles. The van der Waals surface area contributed by atoms with Gasteiger partial charge in [-0.25, -0.2) is 0 Å². The molecule has 96 valence electrons. The lowest BCUT2D eigenvalue weighted by molar-refractivity contribution is -0.141. The third kappa shape index (κ3) is 4.03. The number of rotatable bonds is 5. The Morgan fingerprint density at radius 3 is 2.94 bits per heavy atom. The van der Waals surface area contributed by atoms with E-state index in [0.717, 1.165) is 19.3 Å². The van der Waals surface area contributed by atoms with Gasteiger partial charge in [-0.2, -0.15) is 0 Å². The zero-order valence-electron chi connectivity index (χ0n) is 10.6. The van der Waals surface area contributed by atoms with E-state index < -0.39 is 5.97 Å². The molecule has 1 saturated heterocycles. The van der Waals surface area contributed by atoms with Gasteiger partial charge in [-0.3, -0.25) is 9.69 Å². The van der Waals surface area contributed by atoms with Crippen molar-refractivity contribution in [3.05, 3.63) is 0 Å². The van der Waals surface area contributed by atoms with E-state index in [9.17, 15) is 4.79 Å². The van der Waals surface area contributed by atoms with Crippen LogP contribution in [0.2, 0.25) is 0 Å². The van der Waals surface area contributed by atoms with Crippen LogP contribution in [0.5, 0.6) is 0 Å². The van der Waals surface area contributed by atoms with Gasteiger partial charge in [0.1, 0.15) is 0 Å². The Morgan fingerprint density at radius 1 is 1.71 bits per heavy atom. The molecule has 1 fully saturated rings. The Kier molecular flexibility index (Phi) is 4.98. The van der Waals surface area contributed by atoms with E-state index in [0.29, 0.717) is 13.2 Å². The number of aliphatic carboxylic acids is 1. The predicted octanol–water partition coefficient (Wildman–Crippen LogP) is 1.35. The average Bonchev–Trinajstić information content (AvgIpc) is 2.28. The summed E-state index contributed by atoms with van der Waals surface area (Å²) in [7, 11) is 0. The summed E-state index contributed by atoms with van der Waals surface area (Å²) < 4.78 is 5.75. The van der Waals surface area contributed by atoms with Gasteiger partial charge in [0.2, 0.25) is 0 Å². The summed E-state index contributed by atoms with van der Waals surface area (Å²) in [6.07, 6.45) is 7.92. The first-order valence-corrected chi connectivity index (χ1v) is 6.04. The fraction of sp³-hybridized carbons (Fsp3) is 0.769. The minimum Gasteiger partial charge on any atom is -0.480 e. The first-order chi connectivity index (χ1) is 8.00. The van der Waals surface area contributed by atoms with E-state index in [4.69, 9.17) is 16.3 Å². The average molecular weight is 239 g/mol. The molecule has 1 aliphatic heterocycles. The number of terminal acetylenes is 1. The van der Waals surface area contributed by atoms with Crippen LogP contribution in [0, 0.1) is 12.3 Å². The van der Waals surface area contributed by atoms with Gasteiger partial charge in [0, 0.05) is 12.6 Å². The molecule has 4 heteroatoms. The lowest BCUT2D eigenvalue weighted by Gasteiger charge is -2.41. The Morgan fingerprint density at radius 2 is 2.41 bits per heavy atom. The third-order valence-electron chi connectivity index (χ3n) is 3.47.